The molecular weight excluding hydrogens is 356 g/mol. The first kappa shape index (κ1) is 20.1. The maximum atomic E-state index is 12.3. The zero-order chi connectivity index (χ0) is 19.3. The van der Waals surface area contributed by atoms with Crippen molar-refractivity contribution >= 4 is 27.6 Å². The highest BCUT2D eigenvalue weighted by atomic mass is 32.2. The van der Waals surface area contributed by atoms with Gasteiger partial charge in [0.1, 0.15) is 6.04 Å². The number of hydrogen-bond acceptors (Lipinski definition) is 5. The monoisotopic (exact) mass is 380 g/mol. The molecule has 0 unspecified atom stereocenters. The Labute approximate surface area is 153 Å². The van der Waals surface area contributed by atoms with Crippen LogP contribution in [-0.4, -0.2) is 32.1 Å². The molecule has 1 atom stereocenters. The van der Waals surface area contributed by atoms with Crippen molar-refractivity contribution < 1.29 is 22.8 Å². The van der Waals surface area contributed by atoms with E-state index in [0.29, 0.717) is 5.56 Å². The standard InChI is InChI=1S/C18H24N2O5S/c1-12(19-18(23)15-6-4-3-5-7-15)17(22)20-26(24,25)16-10-8-14(9-11-16)13(2)21/h8-12,15H,3-7H2,1-2H3,(H,19,23)(H,20,22)/t12-/m0/s1. The quantitative estimate of drug-likeness (QED) is 0.731. The van der Waals surface area contributed by atoms with Gasteiger partial charge in [-0.25, -0.2) is 13.1 Å². The Morgan fingerprint density at radius 1 is 1.04 bits per heavy atom. The molecule has 8 heteroatoms. The van der Waals surface area contributed by atoms with E-state index in [9.17, 15) is 22.8 Å². The van der Waals surface area contributed by atoms with Gasteiger partial charge in [0.25, 0.3) is 15.9 Å². The first-order valence-electron chi connectivity index (χ1n) is 8.69. The summed E-state index contributed by atoms with van der Waals surface area (Å²) in [7, 11) is -4.07. The maximum absolute atomic E-state index is 12.3. The van der Waals surface area contributed by atoms with Crippen LogP contribution in [0.15, 0.2) is 29.2 Å². The average Bonchev–Trinajstić information content (AvgIpc) is 2.62. The smallest absolute Gasteiger partial charge is 0.264 e. The van der Waals surface area contributed by atoms with Gasteiger partial charge in [-0.05, 0) is 38.8 Å². The largest absolute Gasteiger partial charge is 0.344 e. The van der Waals surface area contributed by atoms with Crippen molar-refractivity contribution in [2.45, 2.75) is 56.9 Å². The molecule has 26 heavy (non-hydrogen) atoms. The predicted octanol–water partition coefficient (Wildman–Crippen LogP) is 1.78. The average molecular weight is 380 g/mol. The van der Waals surface area contributed by atoms with Crippen LogP contribution >= 0.6 is 0 Å². The minimum atomic E-state index is -4.07. The van der Waals surface area contributed by atoms with Crippen LogP contribution < -0.4 is 10.0 Å². The van der Waals surface area contributed by atoms with Gasteiger partial charge < -0.3 is 5.32 Å². The summed E-state index contributed by atoms with van der Waals surface area (Å²) in [4.78, 5) is 35.5. The van der Waals surface area contributed by atoms with Gasteiger partial charge in [0.05, 0.1) is 4.90 Å². The van der Waals surface area contributed by atoms with Gasteiger partial charge in [-0.15, -0.1) is 0 Å². The molecule has 1 fully saturated rings. The summed E-state index contributed by atoms with van der Waals surface area (Å²) >= 11 is 0. The van der Waals surface area contributed by atoms with Crippen LogP contribution in [0.3, 0.4) is 0 Å². The van der Waals surface area contributed by atoms with E-state index in [1.807, 2.05) is 4.72 Å². The molecule has 0 saturated heterocycles. The molecule has 2 amide bonds. The van der Waals surface area contributed by atoms with E-state index in [4.69, 9.17) is 0 Å². The molecule has 2 N–H and O–H groups in total. The number of ketones is 1. The summed E-state index contributed by atoms with van der Waals surface area (Å²) in [5.41, 5.74) is 0.378. The molecule has 1 aromatic rings. The Bertz CT molecular complexity index is 780. The lowest BCUT2D eigenvalue weighted by Crippen LogP contribution is -2.48. The van der Waals surface area contributed by atoms with Crippen LogP contribution in [0.5, 0.6) is 0 Å². The summed E-state index contributed by atoms with van der Waals surface area (Å²) in [6.45, 7) is 2.83. The van der Waals surface area contributed by atoms with Gasteiger partial charge in [-0.1, -0.05) is 31.4 Å². The fourth-order valence-corrected chi connectivity index (χ4v) is 3.96. The first-order valence-corrected chi connectivity index (χ1v) is 10.2. The summed E-state index contributed by atoms with van der Waals surface area (Å²) < 4.78 is 26.5. The molecule has 1 aromatic carbocycles. The number of carbonyl (C=O) groups is 3. The molecule has 142 valence electrons. The van der Waals surface area contributed by atoms with E-state index in [2.05, 4.69) is 5.32 Å². The van der Waals surface area contributed by atoms with Gasteiger partial charge in [0, 0.05) is 11.5 Å². The molecule has 1 aliphatic carbocycles. The van der Waals surface area contributed by atoms with E-state index in [1.165, 1.54) is 38.1 Å². The Hall–Kier alpha value is -2.22. The van der Waals surface area contributed by atoms with E-state index in [0.717, 1.165) is 32.1 Å². The van der Waals surface area contributed by atoms with Crippen molar-refractivity contribution in [1.29, 1.82) is 0 Å². The molecule has 7 nitrogen and oxygen atoms in total. The predicted molar refractivity (Wildman–Crippen MR) is 96.0 cm³/mol. The van der Waals surface area contributed by atoms with E-state index in [1.54, 1.807) is 0 Å². The third-order valence-corrected chi connectivity index (χ3v) is 5.90. The molecule has 0 aromatic heterocycles. The zero-order valence-corrected chi connectivity index (χ0v) is 15.8. The molecule has 1 aliphatic rings. The Kier molecular flexibility index (Phi) is 6.52. The summed E-state index contributed by atoms with van der Waals surface area (Å²) in [6, 6.07) is 4.33. The van der Waals surface area contributed by atoms with Crippen molar-refractivity contribution in [2.75, 3.05) is 0 Å². The molecule has 0 aliphatic heterocycles. The van der Waals surface area contributed by atoms with Gasteiger partial charge in [0.2, 0.25) is 5.91 Å². The third kappa shape index (κ3) is 5.14. The van der Waals surface area contributed by atoms with Crippen LogP contribution in [0, 0.1) is 5.92 Å². The second kappa shape index (κ2) is 8.44. The third-order valence-electron chi connectivity index (χ3n) is 4.53. The fraction of sp³-hybridized carbons (Fsp3) is 0.500. The van der Waals surface area contributed by atoms with Gasteiger partial charge >= 0.3 is 0 Å². The highest BCUT2D eigenvalue weighted by Gasteiger charge is 2.26. The Balaban J connectivity index is 1.97. The van der Waals surface area contributed by atoms with Crippen molar-refractivity contribution in [3.8, 4) is 0 Å². The molecular formula is C18H24N2O5S. The zero-order valence-electron chi connectivity index (χ0n) is 14.9. The minimum absolute atomic E-state index is 0.116. The lowest BCUT2D eigenvalue weighted by molar-refractivity contribution is -0.130. The minimum Gasteiger partial charge on any atom is -0.344 e. The van der Waals surface area contributed by atoms with Crippen molar-refractivity contribution in [2.24, 2.45) is 5.92 Å². The number of nitrogens with one attached hydrogen (secondary N) is 2. The first-order chi connectivity index (χ1) is 12.2. The molecule has 0 radical (unpaired) electrons. The Morgan fingerprint density at radius 2 is 1.62 bits per heavy atom. The molecule has 0 heterocycles. The van der Waals surface area contributed by atoms with Crippen molar-refractivity contribution in [3.05, 3.63) is 29.8 Å². The lowest BCUT2D eigenvalue weighted by Gasteiger charge is -2.22. The van der Waals surface area contributed by atoms with E-state index < -0.39 is 22.0 Å². The van der Waals surface area contributed by atoms with E-state index >= 15 is 0 Å². The molecule has 0 bridgehead atoms. The van der Waals surface area contributed by atoms with Crippen molar-refractivity contribution in [1.82, 2.24) is 10.0 Å². The topological polar surface area (TPSA) is 109 Å². The van der Waals surface area contributed by atoms with Crippen LogP contribution in [0.2, 0.25) is 0 Å². The second-order valence-corrected chi connectivity index (χ2v) is 8.30. The van der Waals surface area contributed by atoms with Crippen LogP contribution in [0.1, 0.15) is 56.3 Å². The number of carbonyl (C=O) groups excluding carboxylic acids is 3. The van der Waals surface area contributed by atoms with Gasteiger partial charge in [0.15, 0.2) is 5.78 Å². The summed E-state index contributed by atoms with van der Waals surface area (Å²) in [5.74, 6) is -1.31. The number of Topliss-reactive ketones (excluding diaryl/α,β-unsaturated/α-hetero) is 1. The Morgan fingerprint density at radius 3 is 2.15 bits per heavy atom. The van der Waals surface area contributed by atoms with Gasteiger partial charge in [-0.3, -0.25) is 14.4 Å². The summed E-state index contributed by atoms with van der Waals surface area (Å²) in [6.07, 6.45) is 4.68. The van der Waals surface area contributed by atoms with Crippen molar-refractivity contribution in [3.63, 3.8) is 0 Å². The molecule has 0 spiro atoms. The fourth-order valence-electron chi connectivity index (χ4n) is 2.91. The van der Waals surface area contributed by atoms with Crippen LogP contribution in [0.4, 0.5) is 0 Å². The highest BCUT2D eigenvalue weighted by Crippen LogP contribution is 2.23. The number of benzene rings is 1. The number of rotatable bonds is 6. The van der Waals surface area contributed by atoms with E-state index in [-0.39, 0.29) is 22.5 Å². The maximum Gasteiger partial charge on any atom is 0.264 e. The van der Waals surface area contributed by atoms with Crippen LogP contribution in [-0.2, 0) is 19.6 Å². The number of hydrogen-bond donors (Lipinski definition) is 2. The van der Waals surface area contributed by atoms with Gasteiger partial charge in [-0.2, -0.15) is 0 Å². The molecule has 1 saturated carbocycles. The number of sulfonamides is 1. The number of amides is 2. The normalized spacial score (nSPS) is 16.5. The molecule has 2 rings (SSSR count). The summed E-state index contributed by atoms with van der Waals surface area (Å²) in [5, 5.41) is 2.59. The second-order valence-electron chi connectivity index (χ2n) is 6.62. The SMILES string of the molecule is CC(=O)c1ccc(S(=O)(=O)NC(=O)[C@H](C)NC(=O)C2CCCCC2)cc1. The highest BCUT2D eigenvalue weighted by molar-refractivity contribution is 7.90. The van der Waals surface area contributed by atoms with Crippen LogP contribution in [0.25, 0.3) is 0 Å². The lowest BCUT2D eigenvalue weighted by atomic mass is 9.88.